The maximum absolute atomic E-state index is 11.0. The average molecular weight is 300 g/mol. The van der Waals surface area contributed by atoms with E-state index in [1.807, 2.05) is 19.1 Å². The van der Waals surface area contributed by atoms with Crippen LogP contribution in [0.4, 0.5) is 0 Å². The van der Waals surface area contributed by atoms with Gasteiger partial charge in [0.05, 0.1) is 5.56 Å². The Morgan fingerprint density at radius 1 is 1.36 bits per heavy atom. The van der Waals surface area contributed by atoms with E-state index in [0.29, 0.717) is 24.2 Å². The van der Waals surface area contributed by atoms with Gasteiger partial charge in [0.15, 0.2) is 0 Å². The molecule has 5 heteroatoms. The molecule has 2 N–H and O–H groups in total. The second-order valence-corrected chi connectivity index (χ2v) is 5.39. The number of aryl methyl sites for hydroxylation is 1. The van der Waals surface area contributed by atoms with Gasteiger partial charge in [0, 0.05) is 24.3 Å². The monoisotopic (exact) mass is 300 g/mol. The van der Waals surface area contributed by atoms with Crippen LogP contribution in [-0.2, 0) is 6.54 Å². The van der Waals surface area contributed by atoms with Crippen LogP contribution in [0.5, 0.6) is 11.6 Å². The number of carboxylic acid groups (broad SMARTS) is 1. The Kier molecular flexibility index (Phi) is 5.12. The largest absolute Gasteiger partial charge is 0.478 e. The second-order valence-electron chi connectivity index (χ2n) is 5.39. The van der Waals surface area contributed by atoms with E-state index in [9.17, 15) is 4.79 Å². The van der Waals surface area contributed by atoms with Crippen LogP contribution in [0.15, 0.2) is 36.5 Å². The van der Waals surface area contributed by atoms with E-state index in [-0.39, 0.29) is 5.56 Å². The summed E-state index contributed by atoms with van der Waals surface area (Å²) in [6.07, 6.45) is 1.68. The number of ether oxygens (including phenoxy) is 1. The van der Waals surface area contributed by atoms with Gasteiger partial charge in [-0.05, 0) is 36.8 Å². The van der Waals surface area contributed by atoms with Crippen LogP contribution in [0.2, 0.25) is 0 Å². The minimum Gasteiger partial charge on any atom is -0.478 e. The van der Waals surface area contributed by atoms with Crippen LogP contribution in [0.25, 0.3) is 0 Å². The van der Waals surface area contributed by atoms with Gasteiger partial charge in [-0.15, -0.1) is 0 Å². The Morgan fingerprint density at radius 3 is 2.77 bits per heavy atom. The van der Waals surface area contributed by atoms with E-state index >= 15 is 0 Å². The summed E-state index contributed by atoms with van der Waals surface area (Å²) in [6.45, 7) is 6.63. The maximum atomic E-state index is 11.0. The first-order valence-electron chi connectivity index (χ1n) is 7.16. The van der Waals surface area contributed by atoms with E-state index in [2.05, 4.69) is 24.1 Å². The molecule has 0 aliphatic heterocycles. The zero-order valence-electron chi connectivity index (χ0n) is 13.0. The molecule has 1 aromatic heterocycles. The number of rotatable bonds is 6. The summed E-state index contributed by atoms with van der Waals surface area (Å²) in [5.74, 6) is 0.186. The van der Waals surface area contributed by atoms with Gasteiger partial charge >= 0.3 is 5.97 Å². The summed E-state index contributed by atoms with van der Waals surface area (Å²) in [5, 5.41) is 12.3. The van der Waals surface area contributed by atoms with Crippen molar-refractivity contribution >= 4 is 5.97 Å². The molecule has 0 bridgehead atoms. The molecule has 0 amide bonds. The minimum absolute atomic E-state index is 0.243. The van der Waals surface area contributed by atoms with Crippen LogP contribution in [0, 0.1) is 6.92 Å². The van der Waals surface area contributed by atoms with E-state index < -0.39 is 5.97 Å². The molecule has 0 saturated carbocycles. The van der Waals surface area contributed by atoms with Crippen LogP contribution in [0.3, 0.4) is 0 Å². The number of benzene rings is 1. The summed E-state index contributed by atoms with van der Waals surface area (Å²) in [4.78, 5) is 15.2. The molecule has 0 saturated heterocycles. The van der Waals surface area contributed by atoms with Gasteiger partial charge in [-0.3, -0.25) is 0 Å². The van der Waals surface area contributed by atoms with Crippen LogP contribution in [0.1, 0.15) is 35.3 Å². The molecule has 22 heavy (non-hydrogen) atoms. The Hall–Kier alpha value is -2.40. The van der Waals surface area contributed by atoms with Gasteiger partial charge in [-0.1, -0.05) is 19.9 Å². The highest BCUT2D eigenvalue weighted by molar-refractivity contribution is 5.88. The first-order chi connectivity index (χ1) is 10.5. The van der Waals surface area contributed by atoms with Crippen molar-refractivity contribution in [3.63, 3.8) is 0 Å². The number of carboxylic acids is 1. The van der Waals surface area contributed by atoms with Crippen molar-refractivity contribution in [3.8, 4) is 11.6 Å². The molecule has 116 valence electrons. The fraction of sp³-hybridized carbons (Fsp3) is 0.294. The van der Waals surface area contributed by atoms with Gasteiger partial charge in [0.25, 0.3) is 0 Å². The first kappa shape index (κ1) is 16.0. The molecule has 1 aromatic carbocycles. The molecular weight excluding hydrogens is 280 g/mol. The molecule has 2 rings (SSSR count). The average Bonchev–Trinajstić information content (AvgIpc) is 2.48. The minimum atomic E-state index is -0.950. The van der Waals surface area contributed by atoms with E-state index in [1.165, 1.54) is 6.07 Å². The molecule has 1 heterocycles. The quantitative estimate of drug-likeness (QED) is 0.855. The van der Waals surface area contributed by atoms with Crippen molar-refractivity contribution in [3.05, 3.63) is 53.2 Å². The molecular formula is C17H20N2O3. The fourth-order valence-corrected chi connectivity index (χ4v) is 1.97. The number of aromatic nitrogens is 1. The van der Waals surface area contributed by atoms with Crippen molar-refractivity contribution in [2.45, 2.75) is 33.4 Å². The molecule has 0 spiro atoms. The smallest absolute Gasteiger partial charge is 0.335 e. The molecule has 0 unspecified atom stereocenters. The summed E-state index contributed by atoms with van der Waals surface area (Å²) >= 11 is 0. The fourth-order valence-electron chi connectivity index (χ4n) is 1.97. The van der Waals surface area contributed by atoms with Crippen molar-refractivity contribution in [2.75, 3.05) is 0 Å². The Balaban J connectivity index is 2.22. The number of aromatic carboxylic acids is 1. The van der Waals surface area contributed by atoms with E-state index in [0.717, 1.165) is 11.1 Å². The lowest BCUT2D eigenvalue weighted by Crippen LogP contribution is -2.22. The third-order valence-corrected chi connectivity index (χ3v) is 3.18. The third-order valence-electron chi connectivity index (χ3n) is 3.18. The van der Waals surface area contributed by atoms with Crippen molar-refractivity contribution < 1.29 is 14.6 Å². The number of nitrogens with one attached hydrogen (secondary N) is 1. The third kappa shape index (κ3) is 4.05. The summed E-state index contributed by atoms with van der Waals surface area (Å²) in [6, 6.07) is 8.97. The van der Waals surface area contributed by atoms with Crippen LogP contribution >= 0.6 is 0 Å². The summed E-state index contributed by atoms with van der Waals surface area (Å²) in [5.41, 5.74) is 1.96. The first-order valence-corrected chi connectivity index (χ1v) is 7.16. The van der Waals surface area contributed by atoms with Gasteiger partial charge in [-0.2, -0.15) is 0 Å². The second kappa shape index (κ2) is 7.04. The summed E-state index contributed by atoms with van der Waals surface area (Å²) in [7, 11) is 0. The highest BCUT2D eigenvalue weighted by Gasteiger charge is 2.10. The lowest BCUT2D eigenvalue weighted by atomic mass is 10.1. The van der Waals surface area contributed by atoms with E-state index in [4.69, 9.17) is 9.84 Å². The lowest BCUT2D eigenvalue weighted by Gasteiger charge is -2.13. The molecule has 2 aromatic rings. The predicted octanol–water partition coefficient (Wildman–Crippen LogP) is 3.38. The summed E-state index contributed by atoms with van der Waals surface area (Å²) < 4.78 is 5.86. The molecule has 0 aliphatic rings. The van der Waals surface area contributed by atoms with E-state index in [1.54, 1.807) is 18.3 Å². The van der Waals surface area contributed by atoms with Gasteiger partial charge in [-0.25, -0.2) is 9.78 Å². The molecule has 0 radical (unpaired) electrons. The van der Waals surface area contributed by atoms with Crippen LogP contribution in [-0.4, -0.2) is 22.1 Å². The highest BCUT2D eigenvalue weighted by atomic mass is 16.5. The number of hydrogen-bond donors (Lipinski definition) is 2. The number of carbonyl (C=O) groups is 1. The molecule has 5 nitrogen and oxygen atoms in total. The molecule has 0 atom stereocenters. The van der Waals surface area contributed by atoms with Gasteiger partial charge < -0.3 is 15.2 Å². The van der Waals surface area contributed by atoms with Crippen molar-refractivity contribution in [1.82, 2.24) is 10.3 Å². The zero-order chi connectivity index (χ0) is 16.1. The topological polar surface area (TPSA) is 71.5 Å². The Labute approximate surface area is 130 Å². The standard InChI is InChI=1S/C17H20N2O3/c1-11(2)19-10-14-5-4-8-18-16(14)22-15-7-6-13(17(20)21)9-12(15)3/h4-9,11,19H,10H2,1-3H3,(H,20,21). The number of hydrogen-bond acceptors (Lipinski definition) is 4. The van der Waals surface area contributed by atoms with Crippen molar-refractivity contribution in [2.24, 2.45) is 0 Å². The number of nitrogens with zero attached hydrogens (tertiary/aromatic N) is 1. The molecule has 0 fully saturated rings. The van der Waals surface area contributed by atoms with Crippen LogP contribution < -0.4 is 10.1 Å². The maximum Gasteiger partial charge on any atom is 0.335 e. The Morgan fingerprint density at radius 2 is 2.14 bits per heavy atom. The highest BCUT2D eigenvalue weighted by Crippen LogP contribution is 2.26. The predicted molar refractivity (Wildman–Crippen MR) is 84.4 cm³/mol. The van der Waals surface area contributed by atoms with Gasteiger partial charge in [0.1, 0.15) is 5.75 Å². The Bertz CT molecular complexity index is 669. The molecule has 0 aliphatic carbocycles. The number of pyridine rings is 1. The van der Waals surface area contributed by atoms with Gasteiger partial charge in [0.2, 0.25) is 5.88 Å². The SMILES string of the molecule is Cc1cc(C(=O)O)ccc1Oc1ncccc1CNC(C)C. The lowest BCUT2D eigenvalue weighted by molar-refractivity contribution is 0.0697. The van der Waals surface area contributed by atoms with Crippen molar-refractivity contribution in [1.29, 1.82) is 0 Å². The normalized spacial score (nSPS) is 10.7. The zero-order valence-corrected chi connectivity index (χ0v) is 13.0.